The van der Waals surface area contributed by atoms with Crippen LogP contribution in [0.5, 0.6) is 0 Å². The SMILES string of the molecule is CCCN1CCN(CC2(O)CCCN(CC3CCCCC3)C2=O)CC1. The van der Waals surface area contributed by atoms with E-state index in [0.717, 1.165) is 52.2 Å². The Kier molecular flexibility index (Phi) is 6.75. The second kappa shape index (κ2) is 8.83. The minimum atomic E-state index is -1.15. The molecular weight excluding hydrogens is 314 g/mol. The number of piperidine rings is 1. The first-order valence-corrected chi connectivity index (χ1v) is 10.6. The molecule has 2 heterocycles. The lowest BCUT2D eigenvalue weighted by molar-refractivity contribution is -0.161. The van der Waals surface area contributed by atoms with Gasteiger partial charge in [-0.1, -0.05) is 26.2 Å². The summed E-state index contributed by atoms with van der Waals surface area (Å²) in [4.78, 5) is 19.8. The van der Waals surface area contributed by atoms with Gasteiger partial charge in [0.15, 0.2) is 5.60 Å². The van der Waals surface area contributed by atoms with E-state index in [1.807, 2.05) is 4.90 Å². The summed E-state index contributed by atoms with van der Waals surface area (Å²) in [5.41, 5.74) is -1.15. The average molecular weight is 352 g/mol. The third-order valence-electron chi connectivity index (χ3n) is 6.40. The van der Waals surface area contributed by atoms with Crippen LogP contribution in [0.25, 0.3) is 0 Å². The van der Waals surface area contributed by atoms with Gasteiger partial charge in [0.05, 0.1) is 0 Å². The first-order chi connectivity index (χ1) is 12.1. The fraction of sp³-hybridized carbons (Fsp3) is 0.950. The summed E-state index contributed by atoms with van der Waals surface area (Å²) < 4.78 is 0. The predicted molar refractivity (Wildman–Crippen MR) is 101 cm³/mol. The number of piperazine rings is 1. The Hall–Kier alpha value is -0.650. The fourth-order valence-electron chi connectivity index (χ4n) is 4.92. The van der Waals surface area contributed by atoms with Crippen LogP contribution < -0.4 is 0 Å². The van der Waals surface area contributed by atoms with E-state index in [-0.39, 0.29) is 5.91 Å². The molecule has 0 aromatic heterocycles. The first-order valence-electron chi connectivity index (χ1n) is 10.6. The zero-order valence-electron chi connectivity index (χ0n) is 16.1. The molecule has 1 atom stereocenters. The van der Waals surface area contributed by atoms with Gasteiger partial charge in [0.2, 0.25) is 0 Å². The summed E-state index contributed by atoms with van der Waals surface area (Å²) in [6.45, 7) is 9.66. The maximum absolute atomic E-state index is 13.0. The van der Waals surface area contributed by atoms with Gasteiger partial charge in [0, 0.05) is 45.8 Å². The zero-order valence-corrected chi connectivity index (χ0v) is 16.1. The molecule has 3 fully saturated rings. The quantitative estimate of drug-likeness (QED) is 0.795. The Morgan fingerprint density at radius 1 is 1.00 bits per heavy atom. The van der Waals surface area contributed by atoms with Gasteiger partial charge < -0.3 is 14.9 Å². The van der Waals surface area contributed by atoms with Crippen molar-refractivity contribution in [2.45, 2.75) is 63.9 Å². The highest BCUT2D eigenvalue weighted by atomic mass is 16.3. The van der Waals surface area contributed by atoms with Crippen molar-refractivity contribution in [3.8, 4) is 0 Å². The van der Waals surface area contributed by atoms with E-state index in [1.165, 1.54) is 38.5 Å². The molecule has 3 aliphatic rings. The molecule has 1 unspecified atom stereocenters. The molecule has 5 nitrogen and oxygen atoms in total. The summed E-state index contributed by atoms with van der Waals surface area (Å²) in [7, 11) is 0. The number of likely N-dealkylation sites (tertiary alicyclic amines) is 1. The third kappa shape index (κ3) is 4.95. The molecule has 0 radical (unpaired) electrons. The van der Waals surface area contributed by atoms with Crippen LogP contribution in [0.15, 0.2) is 0 Å². The van der Waals surface area contributed by atoms with E-state index in [9.17, 15) is 9.90 Å². The van der Waals surface area contributed by atoms with Crippen molar-refractivity contribution < 1.29 is 9.90 Å². The molecule has 0 bridgehead atoms. The molecule has 5 heteroatoms. The molecular formula is C20H37N3O2. The number of rotatable bonds is 6. The molecule has 3 rings (SSSR count). The number of carbonyl (C=O) groups is 1. The zero-order chi connectivity index (χ0) is 17.7. The van der Waals surface area contributed by atoms with Crippen molar-refractivity contribution in [1.82, 2.24) is 14.7 Å². The van der Waals surface area contributed by atoms with Crippen LogP contribution in [0.2, 0.25) is 0 Å². The topological polar surface area (TPSA) is 47.0 Å². The summed E-state index contributed by atoms with van der Waals surface area (Å²) in [6.07, 6.45) is 9.21. The number of aliphatic hydroxyl groups is 1. The van der Waals surface area contributed by atoms with Gasteiger partial charge in [-0.2, -0.15) is 0 Å². The van der Waals surface area contributed by atoms with Crippen LogP contribution in [0.4, 0.5) is 0 Å². The maximum atomic E-state index is 13.0. The lowest BCUT2D eigenvalue weighted by atomic mass is 9.86. The molecule has 0 spiro atoms. The van der Waals surface area contributed by atoms with E-state index < -0.39 is 5.60 Å². The summed E-state index contributed by atoms with van der Waals surface area (Å²) in [5, 5.41) is 11.1. The summed E-state index contributed by atoms with van der Waals surface area (Å²) in [5.74, 6) is 0.651. The van der Waals surface area contributed by atoms with E-state index in [4.69, 9.17) is 0 Å². The molecule has 1 N–H and O–H groups in total. The number of amides is 1. The molecule has 144 valence electrons. The second-order valence-corrected chi connectivity index (χ2v) is 8.51. The molecule has 1 amide bonds. The number of hydrogen-bond acceptors (Lipinski definition) is 4. The fourth-order valence-corrected chi connectivity index (χ4v) is 4.92. The lowest BCUT2D eigenvalue weighted by Crippen LogP contribution is -2.61. The first kappa shape index (κ1) is 19.1. The van der Waals surface area contributed by atoms with Crippen LogP contribution in [0, 0.1) is 5.92 Å². The van der Waals surface area contributed by atoms with Crippen molar-refractivity contribution in [2.24, 2.45) is 5.92 Å². The van der Waals surface area contributed by atoms with Gasteiger partial charge in [-0.25, -0.2) is 0 Å². The van der Waals surface area contributed by atoms with Gasteiger partial charge in [-0.05, 0) is 44.6 Å². The largest absolute Gasteiger partial charge is 0.379 e. The Morgan fingerprint density at radius 3 is 2.36 bits per heavy atom. The van der Waals surface area contributed by atoms with Crippen LogP contribution in [0.3, 0.4) is 0 Å². The number of carbonyl (C=O) groups excluding carboxylic acids is 1. The van der Waals surface area contributed by atoms with Crippen molar-refractivity contribution >= 4 is 5.91 Å². The van der Waals surface area contributed by atoms with E-state index in [2.05, 4.69) is 16.7 Å². The third-order valence-corrected chi connectivity index (χ3v) is 6.40. The van der Waals surface area contributed by atoms with Gasteiger partial charge >= 0.3 is 0 Å². The van der Waals surface area contributed by atoms with Crippen molar-refractivity contribution in [3.05, 3.63) is 0 Å². The molecule has 2 saturated heterocycles. The molecule has 0 aromatic carbocycles. The van der Waals surface area contributed by atoms with E-state index >= 15 is 0 Å². The van der Waals surface area contributed by atoms with Crippen LogP contribution in [-0.2, 0) is 4.79 Å². The minimum Gasteiger partial charge on any atom is -0.379 e. The highest BCUT2D eigenvalue weighted by Gasteiger charge is 2.44. The summed E-state index contributed by atoms with van der Waals surface area (Å²) in [6, 6.07) is 0. The Morgan fingerprint density at radius 2 is 1.68 bits per heavy atom. The van der Waals surface area contributed by atoms with Crippen molar-refractivity contribution in [2.75, 3.05) is 52.4 Å². The molecule has 1 aliphatic carbocycles. The van der Waals surface area contributed by atoms with Crippen LogP contribution in [0.1, 0.15) is 58.3 Å². The van der Waals surface area contributed by atoms with E-state index in [1.54, 1.807) is 0 Å². The second-order valence-electron chi connectivity index (χ2n) is 8.51. The lowest BCUT2D eigenvalue weighted by Gasteiger charge is -2.44. The Labute approximate surface area is 153 Å². The van der Waals surface area contributed by atoms with Gasteiger partial charge in [0.1, 0.15) is 0 Å². The normalized spacial score (nSPS) is 30.8. The number of β-amino-alcohol motifs (C(OH)–C–C–N with tert-alkyl or cyclic N) is 1. The van der Waals surface area contributed by atoms with Gasteiger partial charge in [-0.15, -0.1) is 0 Å². The molecule has 2 aliphatic heterocycles. The molecule has 0 aromatic rings. The molecule has 25 heavy (non-hydrogen) atoms. The summed E-state index contributed by atoms with van der Waals surface area (Å²) >= 11 is 0. The average Bonchev–Trinajstić information content (AvgIpc) is 2.62. The van der Waals surface area contributed by atoms with Gasteiger partial charge in [0.25, 0.3) is 5.91 Å². The van der Waals surface area contributed by atoms with Gasteiger partial charge in [-0.3, -0.25) is 9.69 Å². The Bertz CT molecular complexity index is 431. The highest BCUT2D eigenvalue weighted by molar-refractivity contribution is 5.86. The van der Waals surface area contributed by atoms with Crippen molar-refractivity contribution in [3.63, 3.8) is 0 Å². The standard InChI is InChI=1S/C20H37N3O2/c1-2-10-21-12-14-22(15-13-21)17-20(25)9-6-11-23(19(20)24)16-18-7-4-3-5-8-18/h18,25H,2-17H2,1H3. The van der Waals surface area contributed by atoms with Crippen LogP contribution >= 0.6 is 0 Å². The highest BCUT2D eigenvalue weighted by Crippen LogP contribution is 2.29. The minimum absolute atomic E-state index is 0.000288. The smallest absolute Gasteiger partial charge is 0.255 e. The Balaban J connectivity index is 1.52. The van der Waals surface area contributed by atoms with Crippen molar-refractivity contribution in [1.29, 1.82) is 0 Å². The molecule has 1 saturated carbocycles. The van der Waals surface area contributed by atoms with Crippen LogP contribution in [-0.4, -0.2) is 83.7 Å². The number of nitrogens with zero attached hydrogens (tertiary/aromatic N) is 3. The monoisotopic (exact) mass is 351 g/mol. The number of hydrogen-bond donors (Lipinski definition) is 1. The maximum Gasteiger partial charge on any atom is 0.255 e. The predicted octanol–water partition coefficient (Wildman–Crippen LogP) is 1.95. The van der Waals surface area contributed by atoms with E-state index in [0.29, 0.717) is 18.9 Å².